The van der Waals surface area contributed by atoms with Crippen molar-refractivity contribution in [3.8, 4) is 0 Å². The topological polar surface area (TPSA) is 35.9 Å². The fraction of sp³-hybridized carbons (Fsp3) is 0.500. The Morgan fingerprint density at radius 2 is 1.86 bits per heavy atom. The van der Waals surface area contributed by atoms with Gasteiger partial charge in [-0.05, 0) is 43.6 Å². The van der Waals surface area contributed by atoms with E-state index in [1.54, 1.807) is 24.1 Å². The van der Waals surface area contributed by atoms with Gasteiger partial charge >= 0.3 is 0 Å². The van der Waals surface area contributed by atoms with E-state index in [0.717, 1.165) is 37.2 Å². The van der Waals surface area contributed by atoms with Crippen molar-refractivity contribution in [2.75, 3.05) is 13.1 Å². The zero-order chi connectivity index (χ0) is 14.6. The molecule has 0 saturated carbocycles. The van der Waals surface area contributed by atoms with Crippen molar-refractivity contribution in [2.24, 2.45) is 11.0 Å². The van der Waals surface area contributed by atoms with E-state index < -0.39 is 0 Å². The van der Waals surface area contributed by atoms with Gasteiger partial charge < -0.3 is 0 Å². The van der Waals surface area contributed by atoms with Crippen LogP contribution in [0.25, 0.3) is 0 Å². The maximum absolute atomic E-state index is 13.2. The molecule has 0 aromatic heterocycles. The lowest BCUT2D eigenvalue weighted by atomic mass is 9.78. The van der Waals surface area contributed by atoms with Crippen LogP contribution >= 0.6 is 0 Å². The molecule has 2 atom stereocenters. The number of rotatable bonds is 1. The maximum atomic E-state index is 13.2. The third kappa shape index (κ3) is 1.91. The largest absolute Gasteiger partial charge is 0.293 e. The second-order valence-electron chi connectivity index (χ2n) is 6.14. The van der Waals surface area contributed by atoms with Crippen molar-refractivity contribution >= 4 is 11.6 Å². The molecule has 5 heteroatoms. The lowest BCUT2D eigenvalue weighted by Gasteiger charge is -2.46. The molecule has 5 rings (SSSR count). The number of carbonyl (C=O) groups is 1. The molecule has 1 amide bonds. The number of halogens is 1. The standard InChI is InChI=1S/C16H18FN3O/c1-10(21)20-15(12-2-4-13(17)5-3-12)16-14(18-20)11-6-8-19(16)9-7-11/h2-5,11,15-16H,6-9H2,1H3/t15-,16-/m1/s1. The molecule has 0 radical (unpaired) electrons. The highest BCUT2D eigenvalue weighted by Gasteiger charge is 2.50. The van der Waals surface area contributed by atoms with Gasteiger partial charge in [0.1, 0.15) is 11.9 Å². The number of carbonyl (C=O) groups excluding carboxylic acids is 1. The molecule has 4 heterocycles. The first-order valence-electron chi connectivity index (χ1n) is 7.53. The molecular weight excluding hydrogens is 269 g/mol. The number of hydrogen-bond acceptors (Lipinski definition) is 3. The Morgan fingerprint density at radius 1 is 1.19 bits per heavy atom. The molecule has 110 valence electrons. The van der Waals surface area contributed by atoms with Crippen molar-refractivity contribution in [3.05, 3.63) is 35.6 Å². The third-order valence-electron chi connectivity index (χ3n) is 4.96. The molecule has 0 N–H and O–H groups in total. The molecular formula is C16H18FN3O. The molecule has 1 aromatic rings. The molecule has 2 bridgehead atoms. The summed E-state index contributed by atoms with van der Waals surface area (Å²) >= 11 is 0. The van der Waals surface area contributed by atoms with Crippen molar-refractivity contribution in [2.45, 2.75) is 31.8 Å². The molecule has 0 aliphatic carbocycles. The van der Waals surface area contributed by atoms with E-state index >= 15 is 0 Å². The highest BCUT2D eigenvalue weighted by atomic mass is 19.1. The minimum atomic E-state index is -0.252. The van der Waals surface area contributed by atoms with E-state index in [2.05, 4.69) is 10.0 Å². The van der Waals surface area contributed by atoms with Crippen LogP contribution in [-0.2, 0) is 4.79 Å². The Balaban J connectivity index is 1.77. The molecule has 4 aliphatic heterocycles. The van der Waals surface area contributed by atoms with Gasteiger partial charge in [0.15, 0.2) is 0 Å². The van der Waals surface area contributed by atoms with Crippen molar-refractivity contribution in [1.82, 2.24) is 9.91 Å². The smallest absolute Gasteiger partial charge is 0.240 e. The maximum Gasteiger partial charge on any atom is 0.240 e. The summed E-state index contributed by atoms with van der Waals surface area (Å²) in [5.41, 5.74) is 2.11. The van der Waals surface area contributed by atoms with Crippen molar-refractivity contribution in [3.63, 3.8) is 0 Å². The van der Waals surface area contributed by atoms with Crippen LogP contribution in [0.2, 0.25) is 0 Å². The van der Waals surface area contributed by atoms with Crippen LogP contribution in [-0.4, -0.2) is 40.7 Å². The predicted molar refractivity (Wildman–Crippen MR) is 77.2 cm³/mol. The van der Waals surface area contributed by atoms with Crippen LogP contribution in [0.3, 0.4) is 0 Å². The molecule has 0 spiro atoms. The van der Waals surface area contributed by atoms with Gasteiger partial charge in [0, 0.05) is 12.8 Å². The zero-order valence-electron chi connectivity index (χ0n) is 12.0. The van der Waals surface area contributed by atoms with Gasteiger partial charge in [-0.1, -0.05) is 12.1 Å². The van der Waals surface area contributed by atoms with Gasteiger partial charge in [-0.3, -0.25) is 9.69 Å². The van der Waals surface area contributed by atoms with Gasteiger partial charge in [-0.2, -0.15) is 5.10 Å². The Morgan fingerprint density at radius 3 is 2.48 bits per heavy atom. The average Bonchev–Trinajstić information content (AvgIpc) is 2.92. The minimum Gasteiger partial charge on any atom is -0.293 e. The summed E-state index contributed by atoms with van der Waals surface area (Å²) < 4.78 is 13.2. The van der Waals surface area contributed by atoms with Crippen molar-refractivity contribution < 1.29 is 9.18 Å². The second kappa shape index (κ2) is 4.63. The van der Waals surface area contributed by atoms with E-state index in [1.807, 2.05) is 0 Å². The van der Waals surface area contributed by atoms with E-state index in [-0.39, 0.29) is 23.8 Å². The van der Waals surface area contributed by atoms with Crippen molar-refractivity contribution in [1.29, 1.82) is 0 Å². The van der Waals surface area contributed by atoms with Crippen LogP contribution in [0, 0.1) is 11.7 Å². The molecule has 3 saturated heterocycles. The summed E-state index contributed by atoms with van der Waals surface area (Å²) in [4.78, 5) is 14.4. The second-order valence-corrected chi connectivity index (χ2v) is 6.14. The number of benzene rings is 1. The summed E-state index contributed by atoms with van der Waals surface area (Å²) in [5.74, 6) is 0.205. The molecule has 0 unspecified atom stereocenters. The highest BCUT2D eigenvalue weighted by Crippen LogP contribution is 2.43. The lowest BCUT2D eigenvalue weighted by molar-refractivity contribution is -0.131. The number of amides is 1. The SMILES string of the molecule is CC(=O)N1N=C2C3CCN(CC3)[C@H]2[C@H]1c1ccc(F)cc1. The normalized spacial score (nSPS) is 33.8. The number of hydrazone groups is 1. The zero-order valence-corrected chi connectivity index (χ0v) is 12.0. The Labute approximate surface area is 123 Å². The lowest BCUT2D eigenvalue weighted by Crippen LogP contribution is -2.56. The first kappa shape index (κ1) is 13.0. The van der Waals surface area contributed by atoms with Gasteiger partial charge in [-0.25, -0.2) is 9.40 Å². The predicted octanol–water partition coefficient (Wildman–Crippen LogP) is 2.18. The van der Waals surface area contributed by atoms with Crippen LogP contribution in [0.5, 0.6) is 0 Å². The van der Waals surface area contributed by atoms with E-state index in [1.165, 1.54) is 12.1 Å². The van der Waals surface area contributed by atoms with E-state index in [0.29, 0.717) is 5.92 Å². The molecule has 4 aliphatic rings. The van der Waals surface area contributed by atoms with Crippen LogP contribution < -0.4 is 0 Å². The number of piperidine rings is 3. The molecule has 21 heavy (non-hydrogen) atoms. The third-order valence-corrected chi connectivity index (χ3v) is 4.96. The fourth-order valence-electron chi connectivity index (χ4n) is 3.97. The summed E-state index contributed by atoms with van der Waals surface area (Å²) in [7, 11) is 0. The summed E-state index contributed by atoms with van der Waals surface area (Å²) in [5, 5.41) is 6.24. The van der Waals surface area contributed by atoms with Gasteiger partial charge in [0.25, 0.3) is 0 Å². The van der Waals surface area contributed by atoms with Gasteiger partial charge in [-0.15, -0.1) is 0 Å². The van der Waals surface area contributed by atoms with Gasteiger partial charge in [0.2, 0.25) is 5.91 Å². The van der Waals surface area contributed by atoms with Crippen LogP contribution in [0.4, 0.5) is 4.39 Å². The van der Waals surface area contributed by atoms with Gasteiger partial charge in [0.05, 0.1) is 11.8 Å². The number of hydrogen-bond donors (Lipinski definition) is 0. The first-order chi connectivity index (χ1) is 10.1. The quantitative estimate of drug-likeness (QED) is 0.793. The minimum absolute atomic E-state index is 0.0492. The summed E-state index contributed by atoms with van der Waals surface area (Å²) in [6.45, 7) is 3.69. The van der Waals surface area contributed by atoms with Crippen LogP contribution in [0.15, 0.2) is 29.4 Å². The summed E-state index contributed by atoms with van der Waals surface area (Å²) in [6, 6.07) is 6.53. The first-order valence-corrected chi connectivity index (χ1v) is 7.53. The molecule has 3 fully saturated rings. The molecule has 1 aromatic carbocycles. The summed E-state index contributed by atoms with van der Waals surface area (Å²) in [6.07, 6.45) is 2.27. The van der Waals surface area contributed by atoms with E-state index in [9.17, 15) is 9.18 Å². The number of fused-ring (bicyclic) bond motifs is 2. The van der Waals surface area contributed by atoms with Crippen LogP contribution in [0.1, 0.15) is 31.4 Å². The monoisotopic (exact) mass is 287 g/mol. The van der Waals surface area contributed by atoms with E-state index in [4.69, 9.17) is 0 Å². The number of nitrogens with zero attached hydrogens (tertiary/aromatic N) is 3. The average molecular weight is 287 g/mol. The Bertz CT molecular complexity index is 604. The highest BCUT2D eigenvalue weighted by molar-refractivity contribution is 5.97. The molecule has 4 nitrogen and oxygen atoms in total. The Kier molecular flexibility index (Phi) is 2.85. The fourth-order valence-corrected chi connectivity index (χ4v) is 3.97. The Hall–Kier alpha value is -1.75.